The van der Waals surface area contributed by atoms with Gasteiger partial charge in [-0.05, 0) is 33.2 Å². The van der Waals surface area contributed by atoms with E-state index < -0.39 is 18.3 Å². The SMILES string of the molecule is CC(N)C(N1CCCC1C)C(F)(F)F. The molecule has 0 amide bonds. The van der Waals surface area contributed by atoms with Gasteiger partial charge in [0.2, 0.25) is 0 Å². The molecule has 0 spiro atoms. The molecule has 14 heavy (non-hydrogen) atoms. The molecule has 1 aliphatic heterocycles. The van der Waals surface area contributed by atoms with Crippen LogP contribution >= 0.6 is 0 Å². The van der Waals surface area contributed by atoms with Crippen LogP contribution in [0.5, 0.6) is 0 Å². The Kier molecular flexibility index (Phi) is 3.42. The summed E-state index contributed by atoms with van der Waals surface area (Å²) in [6.45, 7) is 3.75. The van der Waals surface area contributed by atoms with Gasteiger partial charge in [-0.15, -0.1) is 0 Å². The number of nitrogens with zero attached hydrogens (tertiary/aromatic N) is 1. The Hall–Kier alpha value is -0.290. The normalized spacial score (nSPS) is 29.1. The topological polar surface area (TPSA) is 29.3 Å². The average Bonchev–Trinajstić information content (AvgIpc) is 2.32. The summed E-state index contributed by atoms with van der Waals surface area (Å²) in [7, 11) is 0. The first kappa shape index (κ1) is 11.8. The molecule has 1 rings (SSSR count). The summed E-state index contributed by atoms with van der Waals surface area (Å²) in [6, 6.07) is -2.36. The van der Waals surface area contributed by atoms with Gasteiger partial charge in [0.15, 0.2) is 0 Å². The van der Waals surface area contributed by atoms with Crippen LogP contribution in [0.3, 0.4) is 0 Å². The summed E-state index contributed by atoms with van der Waals surface area (Å²) in [5, 5.41) is 0. The van der Waals surface area contributed by atoms with E-state index in [-0.39, 0.29) is 6.04 Å². The molecule has 0 aliphatic carbocycles. The van der Waals surface area contributed by atoms with Crippen molar-refractivity contribution in [2.75, 3.05) is 6.54 Å². The van der Waals surface area contributed by atoms with Gasteiger partial charge < -0.3 is 5.73 Å². The van der Waals surface area contributed by atoms with E-state index in [2.05, 4.69) is 0 Å². The second-order valence-electron chi connectivity index (χ2n) is 4.07. The molecule has 84 valence electrons. The maximum atomic E-state index is 12.7. The fraction of sp³-hybridized carbons (Fsp3) is 1.00. The van der Waals surface area contributed by atoms with Crippen molar-refractivity contribution in [1.29, 1.82) is 0 Å². The maximum Gasteiger partial charge on any atom is 0.405 e. The molecule has 5 heteroatoms. The molecule has 3 atom stereocenters. The van der Waals surface area contributed by atoms with E-state index in [0.29, 0.717) is 6.54 Å². The quantitative estimate of drug-likeness (QED) is 0.752. The number of likely N-dealkylation sites (tertiary alicyclic amines) is 1. The first-order valence-electron chi connectivity index (χ1n) is 4.92. The molecule has 0 bridgehead atoms. The van der Waals surface area contributed by atoms with Crippen molar-refractivity contribution in [3.05, 3.63) is 0 Å². The van der Waals surface area contributed by atoms with Crippen molar-refractivity contribution in [2.24, 2.45) is 5.73 Å². The third-order valence-corrected chi connectivity index (χ3v) is 2.80. The molecule has 2 nitrogen and oxygen atoms in total. The van der Waals surface area contributed by atoms with E-state index in [9.17, 15) is 13.2 Å². The fourth-order valence-corrected chi connectivity index (χ4v) is 2.16. The van der Waals surface area contributed by atoms with Crippen LogP contribution in [0.1, 0.15) is 26.7 Å². The van der Waals surface area contributed by atoms with Crippen LogP contribution in [0.2, 0.25) is 0 Å². The van der Waals surface area contributed by atoms with E-state index in [1.54, 1.807) is 0 Å². The Bertz CT molecular complexity index is 191. The van der Waals surface area contributed by atoms with Crippen LogP contribution in [-0.4, -0.2) is 35.7 Å². The third-order valence-electron chi connectivity index (χ3n) is 2.80. The first-order valence-corrected chi connectivity index (χ1v) is 4.92. The molecule has 1 heterocycles. The summed E-state index contributed by atoms with van der Waals surface area (Å²) in [6.07, 6.45) is -2.55. The number of halogens is 3. The minimum Gasteiger partial charge on any atom is -0.326 e. The van der Waals surface area contributed by atoms with Crippen LogP contribution in [0.4, 0.5) is 13.2 Å². The summed E-state index contributed by atoms with van der Waals surface area (Å²) < 4.78 is 38.0. The Balaban J connectivity index is 2.77. The lowest BCUT2D eigenvalue weighted by atomic mass is 10.1. The standard InChI is InChI=1S/C9H17F3N2/c1-6-4-3-5-14(6)8(7(2)13)9(10,11)12/h6-8H,3-5,13H2,1-2H3. The molecular weight excluding hydrogens is 193 g/mol. The van der Waals surface area contributed by atoms with Crippen LogP contribution in [0.25, 0.3) is 0 Å². The van der Waals surface area contributed by atoms with Gasteiger partial charge in [0.05, 0.1) is 0 Å². The predicted octanol–water partition coefficient (Wildman–Crippen LogP) is 1.75. The molecule has 2 N–H and O–H groups in total. The maximum absolute atomic E-state index is 12.7. The van der Waals surface area contributed by atoms with E-state index in [1.165, 1.54) is 11.8 Å². The van der Waals surface area contributed by atoms with Gasteiger partial charge in [0.1, 0.15) is 6.04 Å². The average molecular weight is 210 g/mol. The minimum absolute atomic E-state index is 0.00683. The largest absolute Gasteiger partial charge is 0.405 e. The zero-order valence-corrected chi connectivity index (χ0v) is 8.51. The molecule has 0 aromatic heterocycles. The third kappa shape index (κ3) is 2.39. The second kappa shape index (κ2) is 4.06. The first-order chi connectivity index (χ1) is 6.34. The van der Waals surface area contributed by atoms with Crippen molar-refractivity contribution < 1.29 is 13.2 Å². The Morgan fingerprint density at radius 3 is 2.29 bits per heavy atom. The zero-order valence-electron chi connectivity index (χ0n) is 8.51. The lowest BCUT2D eigenvalue weighted by Gasteiger charge is -2.35. The lowest BCUT2D eigenvalue weighted by Crippen LogP contribution is -2.55. The highest BCUT2D eigenvalue weighted by Crippen LogP contribution is 2.31. The summed E-state index contributed by atoms with van der Waals surface area (Å²) in [4.78, 5) is 1.48. The highest BCUT2D eigenvalue weighted by atomic mass is 19.4. The second-order valence-corrected chi connectivity index (χ2v) is 4.07. The van der Waals surface area contributed by atoms with Crippen molar-refractivity contribution in [1.82, 2.24) is 4.90 Å². The number of hydrogen-bond donors (Lipinski definition) is 1. The molecule has 0 radical (unpaired) electrons. The number of alkyl halides is 3. The van der Waals surface area contributed by atoms with Crippen LogP contribution in [0, 0.1) is 0 Å². The fourth-order valence-electron chi connectivity index (χ4n) is 2.16. The van der Waals surface area contributed by atoms with Gasteiger partial charge in [0.25, 0.3) is 0 Å². The summed E-state index contributed by atoms with van der Waals surface area (Å²) in [5.41, 5.74) is 5.40. The van der Waals surface area contributed by atoms with Gasteiger partial charge in [-0.1, -0.05) is 0 Å². The van der Waals surface area contributed by atoms with Gasteiger partial charge in [-0.2, -0.15) is 13.2 Å². The monoisotopic (exact) mass is 210 g/mol. The highest BCUT2D eigenvalue weighted by Gasteiger charge is 2.47. The summed E-state index contributed by atoms with van der Waals surface area (Å²) in [5.74, 6) is 0. The molecule has 1 aliphatic rings. The van der Waals surface area contributed by atoms with Crippen molar-refractivity contribution in [3.8, 4) is 0 Å². The van der Waals surface area contributed by atoms with Gasteiger partial charge in [-0.25, -0.2) is 0 Å². The van der Waals surface area contributed by atoms with Crippen LogP contribution in [-0.2, 0) is 0 Å². The van der Waals surface area contributed by atoms with E-state index in [1.807, 2.05) is 6.92 Å². The Morgan fingerprint density at radius 2 is 2.00 bits per heavy atom. The van der Waals surface area contributed by atoms with Crippen molar-refractivity contribution in [3.63, 3.8) is 0 Å². The van der Waals surface area contributed by atoms with Gasteiger partial charge in [0, 0.05) is 12.1 Å². The van der Waals surface area contributed by atoms with E-state index in [4.69, 9.17) is 5.73 Å². The number of hydrogen-bond acceptors (Lipinski definition) is 2. The Morgan fingerprint density at radius 1 is 1.43 bits per heavy atom. The number of nitrogens with two attached hydrogens (primary N) is 1. The van der Waals surface area contributed by atoms with Gasteiger partial charge >= 0.3 is 6.18 Å². The number of rotatable bonds is 2. The van der Waals surface area contributed by atoms with E-state index in [0.717, 1.165) is 12.8 Å². The van der Waals surface area contributed by atoms with Gasteiger partial charge in [-0.3, -0.25) is 4.90 Å². The van der Waals surface area contributed by atoms with Crippen LogP contribution in [0.15, 0.2) is 0 Å². The van der Waals surface area contributed by atoms with E-state index >= 15 is 0 Å². The zero-order chi connectivity index (χ0) is 10.9. The molecule has 0 saturated carbocycles. The summed E-state index contributed by atoms with van der Waals surface area (Å²) >= 11 is 0. The molecule has 0 aromatic rings. The highest BCUT2D eigenvalue weighted by molar-refractivity contribution is 4.91. The molecule has 1 fully saturated rings. The Labute approximate surface area is 82.2 Å². The smallest absolute Gasteiger partial charge is 0.326 e. The molecule has 3 unspecified atom stereocenters. The molecule has 1 saturated heterocycles. The van der Waals surface area contributed by atoms with Crippen molar-refractivity contribution in [2.45, 2.75) is 51.0 Å². The van der Waals surface area contributed by atoms with Crippen LogP contribution < -0.4 is 5.73 Å². The van der Waals surface area contributed by atoms with Crippen molar-refractivity contribution >= 4 is 0 Å². The molecular formula is C9H17F3N2. The molecule has 0 aromatic carbocycles. The minimum atomic E-state index is -4.22. The predicted molar refractivity (Wildman–Crippen MR) is 48.9 cm³/mol. The lowest BCUT2D eigenvalue weighted by molar-refractivity contribution is -0.189.